The lowest BCUT2D eigenvalue weighted by Gasteiger charge is -2.10. The first-order chi connectivity index (χ1) is 9.83. The highest BCUT2D eigenvalue weighted by Gasteiger charge is 2.03. The molecule has 1 aromatic carbocycles. The number of ether oxygens (including phenoxy) is 2. The van der Waals surface area contributed by atoms with Crippen LogP contribution in [0.5, 0.6) is 11.5 Å². The van der Waals surface area contributed by atoms with E-state index in [1.807, 2.05) is 41.4 Å². The number of nitrogens with zero attached hydrogens (tertiary/aromatic N) is 2. The van der Waals surface area contributed by atoms with Crippen LogP contribution in [-0.2, 0) is 13.1 Å². The van der Waals surface area contributed by atoms with E-state index < -0.39 is 0 Å². The summed E-state index contributed by atoms with van der Waals surface area (Å²) in [6.45, 7) is 5.17. The van der Waals surface area contributed by atoms with Gasteiger partial charge in [-0.3, -0.25) is 0 Å². The van der Waals surface area contributed by atoms with Gasteiger partial charge in [-0.1, -0.05) is 19.1 Å². The first-order valence-electron chi connectivity index (χ1n) is 6.80. The van der Waals surface area contributed by atoms with Crippen LogP contribution in [0.15, 0.2) is 36.8 Å². The number of aromatic nitrogens is 2. The summed E-state index contributed by atoms with van der Waals surface area (Å²) in [6.07, 6.45) is 3.87. The number of para-hydroxylation sites is 2. The quantitative estimate of drug-likeness (QED) is 0.801. The molecule has 1 heterocycles. The van der Waals surface area contributed by atoms with Crippen LogP contribution < -0.4 is 14.8 Å². The predicted octanol–water partition coefficient (Wildman–Crippen LogP) is 2.08. The minimum absolute atomic E-state index is 0.581. The van der Waals surface area contributed by atoms with Crippen molar-refractivity contribution >= 4 is 0 Å². The second kappa shape index (κ2) is 7.55. The molecule has 1 N–H and O–H groups in total. The summed E-state index contributed by atoms with van der Waals surface area (Å²) >= 11 is 0. The Labute approximate surface area is 119 Å². The summed E-state index contributed by atoms with van der Waals surface area (Å²) in [4.78, 5) is 4.33. The molecular weight excluding hydrogens is 254 g/mol. The second-order valence-corrected chi connectivity index (χ2v) is 4.38. The minimum Gasteiger partial charge on any atom is -0.493 e. The van der Waals surface area contributed by atoms with E-state index in [1.54, 1.807) is 7.11 Å². The van der Waals surface area contributed by atoms with Gasteiger partial charge in [-0.05, 0) is 18.7 Å². The zero-order valence-electron chi connectivity index (χ0n) is 12.0. The molecule has 0 saturated heterocycles. The minimum atomic E-state index is 0.581. The van der Waals surface area contributed by atoms with Crippen LogP contribution in [0.4, 0.5) is 0 Å². The summed E-state index contributed by atoms with van der Waals surface area (Å²) in [5.41, 5.74) is 1.05. The van der Waals surface area contributed by atoms with E-state index in [0.29, 0.717) is 6.61 Å². The highest BCUT2D eigenvalue weighted by molar-refractivity contribution is 5.39. The standard InChI is InChI=1S/C15H21N3O2/c1-3-16-10-13-11-18(12-17-13)8-9-20-15-7-5-4-6-14(15)19-2/h4-7,11-12,16H,3,8-10H2,1-2H3. The van der Waals surface area contributed by atoms with Crippen molar-refractivity contribution < 1.29 is 9.47 Å². The van der Waals surface area contributed by atoms with Gasteiger partial charge in [0.2, 0.25) is 0 Å². The molecule has 0 fully saturated rings. The second-order valence-electron chi connectivity index (χ2n) is 4.38. The molecular formula is C15H21N3O2. The summed E-state index contributed by atoms with van der Waals surface area (Å²) in [5.74, 6) is 1.52. The Bertz CT molecular complexity index is 525. The van der Waals surface area contributed by atoms with Crippen LogP contribution in [0.2, 0.25) is 0 Å². The fourth-order valence-corrected chi connectivity index (χ4v) is 1.87. The number of hydrogen-bond acceptors (Lipinski definition) is 4. The summed E-state index contributed by atoms with van der Waals surface area (Å²) in [5, 5.41) is 3.25. The van der Waals surface area contributed by atoms with Crippen molar-refractivity contribution in [2.75, 3.05) is 20.3 Å². The molecule has 2 rings (SSSR count). The van der Waals surface area contributed by atoms with Crippen LogP contribution in [-0.4, -0.2) is 29.8 Å². The molecule has 0 atom stereocenters. The van der Waals surface area contributed by atoms with Crippen LogP contribution in [0.25, 0.3) is 0 Å². The lowest BCUT2D eigenvalue weighted by Crippen LogP contribution is -2.12. The van der Waals surface area contributed by atoms with Gasteiger partial charge < -0.3 is 19.4 Å². The van der Waals surface area contributed by atoms with Crippen molar-refractivity contribution in [2.45, 2.75) is 20.0 Å². The molecule has 0 unspecified atom stereocenters. The molecule has 108 valence electrons. The molecule has 2 aromatic rings. The molecule has 0 aliphatic rings. The van der Waals surface area contributed by atoms with Crippen LogP contribution in [0, 0.1) is 0 Å². The number of benzene rings is 1. The fourth-order valence-electron chi connectivity index (χ4n) is 1.87. The van der Waals surface area contributed by atoms with Crippen LogP contribution in [0.3, 0.4) is 0 Å². The summed E-state index contributed by atoms with van der Waals surface area (Å²) in [7, 11) is 1.64. The monoisotopic (exact) mass is 275 g/mol. The normalized spacial score (nSPS) is 10.5. The molecule has 20 heavy (non-hydrogen) atoms. The van der Waals surface area contributed by atoms with Gasteiger partial charge in [0, 0.05) is 12.7 Å². The van der Waals surface area contributed by atoms with E-state index in [2.05, 4.69) is 17.2 Å². The van der Waals surface area contributed by atoms with Gasteiger partial charge in [-0.25, -0.2) is 4.98 Å². The van der Waals surface area contributed by atoms with Crippen molar-refractivity contribution in [3.63, 3.8) is 0 Å². The number of methoxy groups -OCH3 is 1. The van der Waals surface area contributed by atoms with E-state index in [1.165, 1.54) is 0 Å². The van der Waals surface area contributed by atoms with Gasteiger partial charge in [0.05, 0.1) is 25.7 Å². The van der Waals surface area contributed by atoms with Gasteiger partial charge >= 0.3 is 0 Å². The third-order valence-corrected chi connectivity index (χ3v) is 2.92. The van der Waals surface area contributed by atoms with Gasteiger partial charge in [-0.15, -0.1) is 0 Å². The number of rotatable bonds is 8. The topological polar surface area (TPSA) is 48.3 Å². The maximum atomic E-state index is 5.73. The molecule has 0 amide bonds. The van der Waals surface area contributed by atoms with E-state index in [4.69, 9.17) is 9.47 Å². The molecule has 0 spiro atoms. The van der Waals surface area contributed by atoms with E-state index >= 15 is 0 Å². The average molecular weight is 275 g/mol. The third kappa shape index (κ3) is 3.99. The average Bonchev–Trinajstić information content (AvgIpc) is 2.93. The molecule has 0 aliphatic heterocycles. The van der Waals surface area contributed by atoms with Gasteiger partial charge in [0.25, 0.3) is 0 Å². The van der Waals surface area contributed by atoms with Crippen LogP contribution >= 0.6 is 0 Å². The van der Waals surface area contributed by atoms with E-state index in [-0.39, 0.29) is 0 Å². The highest BCUT2D eigenvalue weighted by Crippen LogP contribution is 2.25. The zero-order valence-corrected chi connectivity index (χ0v) is 12.0. The third-order valence-electron chi connectivity index (χ3n) is 2.92. The van der Waals surface area contributed by atoms with Crippen molar-refractivity contribution in [1.29, 1.82) is 0 Å². The van der Waals surface area contributed by atoms with Gasteiger partial charge in [-0.2, -0.15) is 0 Å². The Morgan fingerprint density at radius 1 is 1.25 bits per heavy atom. The van der Waals surface area contributed by atoms with Gasteiger partial charge in [0.1, 0.15) is 6.61 Å². The molecule has 5 heteroatoms. The highest BCUT2D eigenvalue weighted by atomic mass is 16.5. The lowest BCUT2D eigenvalue weighted by molar-refractivity contribution is 0.279. The van der Waals surface area contributed by atoms with Crippen LogP contribution in [0.1, 0.15) is 12.6 Å². The number of hydrogen-bond donors (Lipinski definition) is 1. The first kappa shape index (κ1) is 14.4. The smallest absolute Gasteiger partial charge is 0.161 e. The lowest BCUT2D eigenvalue weighted by atomic mass is 10.3. The maximum Gasteiger partial charge on any atom is 0.161 e. The van der Waals surface area contributed by atoms with Crippen molar-refractivity contribution in [2.24, 2.45) is 0 Å². The van der Waals surface area contributed by atoms with E-state index in [0.717, 1.165) is 36.8 Å². The molecule has 5 nitrogen and oxygen atoms in total. The largest absolute Gasteiger partial charge is 0.493 e. The molecule has 1 aromatic heterocycles. The van der Waals surface area contributed by atoms with Crippen molar-refractivity contribution in [3.8, 4) is 11.5 Å². The number of imidazole rings is 1. The maximum absolute atomic E-state index is 5.73. The van der Waals surface area contributed by atoms with Gasteiger partial charge in [0.15, 0.2) is 11.5 Å². The molecule has 0 radical (unpaired) electrons. The number of nitrogens with one attached hydrogen (secondary N) is 1. The van der Waals surface area contributed by atoms with Crippen molar-refractivity contribution in [1.82, 2.24) is 14.9 Å². The predicted molar refractivity (Wildman–Crippen MR) is 78.1 cm³/mol. The summed E-state index contributed by atoms with van der Waals surface area (Å²) in [6, 6.07) is 7.66. The van der Waals surface area contributed by atoms with E-state index in [9.17, 15) is 0 Å². The Balaban J connectivity index is 1.82. The zero-order chi connectivity index (χ0) is 14.2. The fraction of sp³-hybridized carbons (Fsp3) is 0.400. The molecule has 0 aliphatic carbocycles. The van der Waals surface area contributed by atoms with Crippen molar-refractivity contribution in [3.05, 3.63) is 42.5 Å². The Hall–Kier alpha value is -2.01. The SMILES string of the molecule is CCNCc1cn(CCOc2ccccc2OC)cn1. The Morgan fingerprint density at radius 3 is 2.80 bits per heavy atom. The summed E-state index contributed by atoms with van der Waals surface area (Å²) < 4.78 is 13.0. The Morgan fingerprint density at radius 2 is 2.05 bits per heavy atom. The molecule has 0 saturated carbocycles. The Kier molecular flexibility index (Phi) is 5.43. The molecule has 0 bridgehead atoms. The first-order valence-corrected chi connectivity index (χ1v) is 6.80.